The summed E-state index contributed by atoms with van der Waals surface area (Å²) in [5, 5.41) is 28.4. The van der Waals surface area contributed by atoms with Gasteiger partial charge in [-0.1, -0.05) is 17.3 Å². The Kier molecular flexibility index (Phi) is 7.40. The summed E-state index contributed by atoms with van der Waals surface area (Å²) in [6.45, 7) is 8.03. The van der Waals surface area contributed by atoms with Crippen LogP contribution >= 0.6 is 0 Å². The predicted molar refractivity (Wildman–Crippen MR) is 146 cm³/mol. The SMILES string of the molecule is Cn1cc(Nc2nccc(-c3ccc4c(c3)CN(CCO)CC[C@H]4NC(=O)c3cn(C(C)(C)C)nn3)n2)cn1. The maximum atomic E-state index is 13.1. The Labute approximate surface area is 227 Å². The molecule has 0 aliphatic carbocycles. The first-order valence-corrected chi connectivity index (χ1v) is 13.0. The Hall–Kier alpha value is -4.16. The smallest absolute Gasteiger partial charge is 0.273 e. The molecule has 1 amide bonds. The number of nitrogens with one attached hydrogen (secondary N) is 2. The van der Waals surface area contributed by atoms with Crippen molar-refractivity contribution in [1.29, 1.82) is 0 Å². The zero-order valence-electron chi connectivity index (χ0n) is 22.7. The van der Waals surface area contributed by atoms with Crippen molar-refractivity contribution in [2.24, 2.45) is 7.05 Å². The number of fused-ring (bicyclic) bond motifs is 1. The van der Waals surface area contributed by atoms with E-state index >= 15 is 0 Å². The second-order valence-corrected chi connectivity index (χ2v) is 10.7. The lowest BCUT2D eigenvalue weighted by Gasteiger charge is -2.19. The third kappa shape index (κ3) is 6.13. The van der Waals surface area contributed by atoms with E-state index in [2.05, 4.69) is 48.1 Å². The van der Waals surface area contributed by atoms with E-state index in [0.29, 0.717) is 25.5 Å². The quantitative estimate of drug-likeness (QED) is 0.329. The molecule has 204 valence electrons. The molecule has 5 rings (SSSR count). The van der Waals surface area contributed by atoms with Crippen molar-refractivity contribution in [3.05, 3.63) is 65.9 Å². The molecule has 1 aliphatic rings. The summed E-state index contributed by atoms with van der Waals surface area (Å²) in [6, 6.07) is 7.84. The lowest BCUT2D eigenvalue weighted by Crippen LogP contribution is -2.31. The highest BCUT2D eigenvalue weighted by Crippen LogP contribution is 2.31. The van der Waals surface area contributed by atoms with Crippen molar-refractivity contribution in [3.8, 4) is 11.3 Å². The number of anilines is 2. The minimum absolute atomic E-state index is 0.0667. The molecule has 12 nitrogen and oxygen atoms in total. The molecule has 0 spiro atoms. The van der Waals surface area contributed by atoms with Gasteiger partial charge in [-0.15, -0.1) is 5.10 Å². The highest BCUT2D eigenvalue weighted by molar-refractivity contribution is 5.92. The number of nitrogens with zero attached hydrogens (tertiary/aromatic N) is 8. The van der Waals surface area contributed by atoms with Gasteiger partial charge in [0.2, 0.25) is 5.95 Å². The molecule has 1 atom stereocenters. The first-order valence-electron chi connectivity index (χ1n) is 13.0. The van der Waals surface area contributed by atoms with Gasteiger partial charge < -0.3 is 15.7 Å². The van der Waals surface area contributed by atoms with E-state index in [1.807, 2.05) is 46.1 Å². The van der Waals surface area contributed by atoms with E-state index in [0.717, 1.165) is 34.6 Å². The fraction of sp³-hybridized carbons (Fsp3) is 0.407. The molecule has 3 aromatic heterocycles. The van der Waals surface area contributed by atoms with Crippen LogP contribution in [0.25, 0.3) is 11.3 Å². The van der Waals surface area contributed by atoms with Gasteiger partial charge in [-0.25, -0.2) is 14.6 Å². The molecule has 4 aromatic rings. The monoisotopic (exact) mass is 530 g/mol. The van der Waals surface area contributed by atoms with Crippen LogP contribution in [0, 0.1) is 0 Å². The second kappa shape index (κ2) is 10.9. The molecule has 1 aromatic carbocycles. The molecule has 39 heavy (non-hydrogen) atoms. The number of carbonyl (C=O) groups is 1. The maximum absolute atomic E-state index is 13.1. The average Bonchev–Trinajstić information content (AvgIpc) is 3.52. The van der Waals surface area contributed by atoms with Gasteiger partial charge in [0.1, 0.15) is 0 Å². The number of aliphatic hydroxyl groups is 1. The molecule has 12 heteroatoms. The Morgan fingerprint density at radius 3 is 2.77 bits per heavy atom. The lowest BCUT2D eigenvalue weighted by molar-refractivity contribution is 0.0926. The van der Waals surface area contributed by atoms with Crippen LogP contribution in [0.1, 0.15) is 54.8 Å². The zero-order chi connectivity index (χ0) is 27.6. The van der Waals surface area contributed by atoms with Gasteiger partial charge in [0, 0.05) is 44.6 Å². The van der Waals surface area contributed by atoms with Crippen molar-refractivity contribution >= 4 is 17.5 Å². The summed E-state index contributed by atoms with van der Waals surface area (Å²) in [5.74, 6) is 0.217. The van der Waals surface area contributed by atoms with Gasteiger partial charge in [-0.05, 0) is 50.5 Å². The van der Waals surface area contributed by atoms with Crippen LogP contribution in [-0.4, -0.2) is 70.4 Å². The standard InChI is InChI=1S/C27H34N10O2/c1-27(2,3)37-17-24(33-34-37)25(39)31-23-8-10-36(11-12-38)15-19-13-18(5-6-21(19)23)22-7-9-28-26(32-22)30-20-14-29-35(4)16-20/h5-7,9,13-14,16-17,23,38H,8,10-12,15H2,1-4H3,(H,31,39)(H,28,30,32)/t23-/m1/s1. The summed E-state index contributed by atoms with van der Waals surface area (Å²) in [5.41, 5.74) is 4.65. The van der Waals surface area contributed by atoms with Crippen LogP contribution in [0.3, 0.4) is 0 Å². The fourth-order valence-corrected chi connectivity index (χ4v) is 4.63. The number of hydrogen-bond acceptors (Lipinski definition) is 9. The third-order valence-electron chi connectivity index (χ3n) is 6.69. The third-order valence-corrected chi connectivity index (χ3v) is 6.69. The largest absolute Gasteiger partial charge is 0.395 e. The number of amides is 1. The van der Waals surface area contributed by atoms with Gasteiger partial charge >= 0.3 is 0 Å². The number of benzene rings is 1. The Balaban J connectivity index is 1.41. The Morgan fingerprint density at radius 1 is 1.21 bits per heavy atom. The number of aromatic nitrogens is 7. The van der Waals surface area contributed by atoms with Crippen LogP contribution in [0.2, 0.25) is 0 Å². The summed E-state index contributed by atoms with van der Waals surface area (Å²) in [4.78, 5) is 24.4. The number of hydrogen-bond donors (Lipinski definition) is 3. The van der Waals surface area contributed by atoms with Crippen molar-refractivity contribution in [2.45, 2.75) is 45.3 Å². The van der Waals surface area contributed by atoms with Crippen molar-refractivity contribution in [3.63, 3.8) is 0 Å². The van der Waals surface area contributed by atoms with E-state index in [1.54, 1.807) is 28.0 Å². The summed E-state index contributed by atoms with van der Waals surface area (Å²) >= 11 is 0. The average molecular weight is 531 g/mol. The Morgan fingerprint density at radius 2 is 2.05 bits per heavy atom. The topological polar surface area (TPSA) is 139 Å². The van der Waals surface area contributed by atoms with Gasteiger partial charge in [0.25, 0.3) is 5.91 Å². The van der Waals surface area contributed by atoms with Gasteiger partial charge in [-0.3, -0.25) is 14.4 Å². The van der Waals surface area contributed by atoms with Crippen LogP contribution in [-0.2, 0) is 19.1 Å². The van der Waals surface area contributed by atoms with E-state index in [-0.39, 0.29) is 29.8 Å². The molecule has 0 saturated heterocycles. The second-order valence-electron chi connectivity index (χ2n) is 10.7. The molecular weight excluding hydrogens is 496 g/mol. The van der Waals surface area contributed by atoms with Crippen molar-refractivity contribution in [2.75, 3.05) is 25.0 Å². The predicted octanol–water partition coefficient (Wildman–Crippen LogP) is 2.64. The van der Waals surface area contributed by atoms with E-state index in [4.69, 9.17) is 4.98 Å². The van der Waals surface area contributed by atoms with E-state index in [1.165, 1.54) is 0 Å². The molecule has 4 heterocycles. The first kappa shape index (κ1) is 26.4. The summed E-state index contributed by atoms with van der Waals surface area (Å²) in [6.07, 6.45) is 7.68. The molecule has 0 fully saturated rings. The summed E-state index contributed by atoms with van der Waals surface area (Å²) < 4.78 is 3.40. The molecule has 0 bridgehead atoms. The van der Waals surface area contributed by atoms with Crippen LogP contribution in [0.4, 0.5) is 11.6 Å². The maximum Gasteiger partial charge on any atom is 0.273 e. The van der Waals surface area contributed by atoms with Crippen LogP contribution in [0.5, 0.6) is 0 Å². The highest BCUT2D eigenvalue weighted by atomic mass is 16.3. The number of β-amino-alcohol motifs (C(OH)–C–C–N with tert-alkyl or cyclic N) is 1. The van der Waals surface area contributed by atoms with Crippen molar-refractivity contribution < 1.29 is 9.90 Å². The normalized spacial score (nSPS) is 16.0. The van der Waals surface area contributed by atoms with Gasteiger partial charge in [0.15, 0.2) is 5.69 Å². The minimum atomic E-state index is -0.268. The number of rotatable bonds is 7. The molecule has 3 N–H and O–H groups in total. The fourth-order valence-electron chi connectivity index (χ4n) is 4.63. The molecule has 0 unspecified atom stereocenters. The van der Waals surface area contributed by atoms with Gasteiger partial charge in [-0.2, -0.15) is 5.10 Å². The van der Waals surface area contributed by atoms with Crippen molar-refractivity contribution in [1.82, 2.24) is 45.0 Å². The van der Waals surface area contributed by atoms with Crippen LogP contribution < -0.4 is 10.6 Å². The lowest BCUT2D eigenvalue weighted by atomic mass is 9.96. The summed E-state index contributed by atoms with van der Waals surface area (Å²) in [7, 11) is 1.85. The zero-order valence-corrected chi connectivity index (χ0v) is 22.7. The van der Waals surface area contributed by atoms with Crippen LogP contribution in [0.15, 0.2) is 49.1 Å². The number of aryl methyl sites for hydroxylation is 1. The minimum Gasteiger partial charge on any atom is -0.395 e. The molecule has 0 saturated carbocycles. The number of aliphatic hydroxyl groups excluding tert-OH is 1. The highest BCUT2D eigenvalue weighted by Gasteiger charge is 2.26. The van der Waals surface area contributed by atoms with E-state index < -0.39 is 0 Å². The van der Waals surface area contributed by atoms with Gasteiger partial charge in [0.05, 0.1) is 42.0 Å². The molecule has 1 aliphatic heterocycles. The Bertz CT molecular complexity index is 1450. The first-order chi connectivity index (χ1) is 18.7. The molecule has 0 radical (unpaired) electrons. The molecular formula is C27H34N10O2. The van der Waals surface area contributed by atoms with E-state index in [9.17, 15) is 9.90 Å². The number of carbonyl (C=O) groups excluding carboxylic acids is 1.